The van der Waals surface area contributed by atoms with Gasteiger partial charge in [0.25, 0.3) is 0 Å². The Kier molecular flexibility index (Phi) is 76.5. The Morgan fingerprint density at radius 3 is 1.05 bits per heavy atom. The molecule has 0 aromatic rings. The van der Waals surface area contributed by atoms with Crippen LogP contribution in [0.1, 0.15) is 323 Å². The number of hydrogen-bond donors (Lipinski definition) is 2. The normalized spacial score (nSPS) is 12.0. The van der Waals surface area contributed by atoms with Crippen LogP contribution in [0.15, 0.2) is 0 Å². The van der Waals surface area contributed by atoms with Gasteiger partial charge < -0.3 is 31.6 Å². The van der Waals surface area contributed by atoms with Crippen LogP contribution in [0.4, 0.5) is 0 Å². The molecule has 0 radical (unpaired) electrons. The number of ether oxygens (including phenoxy) is 1. The number of carbonyl (C=O) groups excluding carboxylic acids is 1. The van der Waals surface area contributed by atoms with Crippen LogP contribution >= 0.6 is 0 Å². The van der Waals surface area contributed by atoms with Gasteiger partial charge in [0.15, 0.2) is 0 Å². The van der Waals surface area contributed by atoms with Crippen LogP contribution in [0.3, 0.4) is 0 Å². The molecule has 0 aliphatic rings. The van der Waals surface area contributed by atoms with E-state index in [0.717, 1.165) is 51.6 Å². The van der Waals surface area contributed by atoms with Gasteiger partial charge in [-0.3, -0.25) is 0 Å². The van der Waals surface area contributed by atoms with Gasteiger partial charge in [-0.25, -0.2) is 0 Å². The van der Waals surface area contributed by atoms with E-state index in [9.17, 15) is 9.90 Å². The monoisotopic (exact) mass is 1110 g/mol. The molecular formula is C60H124NO4W-. The topological polar surface area (TPSA) is 70.0 Å². The van der Waals surface area contributed by atoms with E-state index in [0.29, 0.717) is 12.5 Å². The molecule has 6 heteroatoms. The summed E-state index contributed by atoms with van der Waals surface area (Å²) < 4.78 is 5.11. The fourth-order valence-corrected chi connectivity index (χ4v) is 8.94. The Labute approximate surface area is 431 Å². The van der Waals surface area contributed by atoms with Gasteiger partial charge in [0.2, 0.25) is 0 Å². The van der Waals surface area contributed by atoms with E-state index >= 15 is 0 Å². The first kappa shape index (κ1) is 72.7. The molecule has 0 saturated carbocycles. The van der Waals surface area contributed by atoms with E-state index in [1.165, 1.54) is 276 Å². The largest absolute Gasteiger partial charge is 0.396 e. The Balaban J connectivity index is -0.000000477. The second-order valence-corrected chi connectivity index (χ2v) is 20.2. The molecule has 0 saturated heterocycles. The molecule has 0 aromatic carbocycles. The molecule has 0 heterocycles. The molecular weight excluding hydrogens is 983 g/mol. The number of nitrogens with zero attached hydrogens (tertiary/aromatic N) is 1. The van der Waals surface area contributed by atoms with Crippen molar-refractivity contribution in [1.29, 1.82) is 0 Å². The number of carbonyl (C=O) groups is 1. The van der Waals surface area contributed by atoms with Crippen LogP contribution in [0.5, 0.6) is 0 Å². The molecule has 2 atom stereocenters. The molecule has 2 N–H and O–H groups in total. The van der Waals surface area contributed by atoms with Gasteiger partial charge >= 0.3 is 0 Å². The summed E-state index contributed by atoms with van der Waals surface area (Å²) >= 11 is 0. The molecule has 0 spiro atoms. The van der Waals surface area contributed by atoms with Crippen molar-refractivity contribution in [2.45, 2.75) is 329 Å². The second kappa shape index (κ2) is 69.5. The van der Waals surface area contributed by atoms with Gasteiger partial charge in [-0.15, -0.1) is 0 Å². The molecule has 0 amide bonds. The van der Waals surface area contributed by atoms with Crippen molar-refractivity contribution >= 4 is 6.29 Å². The number of unbranched alkanes of at least 4 members (excludes halogenated alkanes) is 35. The first-order valence-electron chi connectivity index (χ1n) is 29.8. The van der Waals surface area contributed by atoms with Gasteiger partial charge in [-0.05, 0) is 77.4 Å². The number of methoxy groups -OCH3 is 1. The fraction of sp³-hybridized carbons (Fsp3) is 0.967. The minimum atomic E-state index is -0.0250. The summed E-state index contributed by atoms with van der Waals surface area (Å²) in [5, 5.41) is 18.9. The van der Waals surface area contributed by atoms with Crippen molar-refractivity contribution in [3.05, 3.63) is 6.92 Å². The van der Waals surface area contributed by atoms with Gasteiger partial charge in [0, 0.05) is 47.3 Å². The number of aliphatic hydroxyl groups excluding tert-OH is 2. The molecule has 0 bridgehead atoms. The van der Waals surface area contributed by atoms with E-state index in [1.54, 1.807) is 7.11 Å². The molecule has 0 rings (SSSR count). The van der Waals surface area contributed by atoms with Crippen LogP contribution in [0.25, 0.3) is 0 Å². The van der Waals surface area contributed by atoms with E-state index in [4.69, 9.17) is 9.84 Å². The second-order valence-electron chi connectivity index (χ2n) is 20.2. The number of hydrogen-bond acceptors (Lipinski definition) is 5. The van der Waals surface area contributed by atoms with Crippen molar-refractivity contribution < 1.29 is 40.8 Å². The Morgan fingerprint density at radius 1 is 0.424 bits per heavy atom. The maximum Gasteiger partial charge on any atom is 0.123 e. The molecule has 5 nitrogen and oxygen atoms in total. The minimum Gasteiger partial charge on any atom is -0.396 e. The molecule has 0 aromatic heterocycles. The third-order valence-electron chi connectivity index (χ3n) is 13.5. The van der Waals surface area contributed by atoms with Crippen LogP contribution in [0, 0.1) is 12.8 Å². The molecule has 66 heavy (non-hydrogen) atoms. The summed E-state index contributed by atoms with van der Waals surface area (Å²) in [4.78, 5) is 13.6. The summed E-state index contributed by atoms with van der Waals surface area (Å²) in [7, 11) is 1.80. The summed E-state index contributed by atoms with van der Waals surface area (Å²) in [6, 6.07) is 0. The van der Waals surface area contributed by atoms with Gasteiger partial charge in [0.05, 0.1) is 6.10 Å². The van der Waals surface area contributed by atoms with Crippen LogP contribution in [-0.2, 0) is 30.6 Å². The fourth-order valence-electron chi connectivity index (χ4n) is 8.94. The van der Waals surface area contributed by atoms with Gasteiger partial charge in [0.1, 0.15) is 6.29 Å². The maximum absolute atomic E-state index is 10.9. The van der Waals surface area contributed by atoms with E-state index in [1.807, 2.05) is 0 Å². The molecule has 0 aliphatic heterocycles. The van der Waals surface area contributed by atoms with Gasteiger partial charge in [-0.1, -0.05) is 259 Å². The molecule has 0 fully saturated rings. The molecule has 2 unspecified atom stereocenters. The minimum absolute atomic E-state index is 0. The Hall–Kier alpha value is 0.198. The number of aliphatic hydroxyl groups is 2. The standard InChI is InChI=1S/C29H60NO2.C16H32O.C15H32O.W/c1-3-4-5-6-7-8-11-14-17-20-25-30(27-22-23-28-31)26-21-18-15-12-9-10-13-16-19-24-29-32-2;1-3-5-7-9-10-12-14-16(15-17)13-11-8-6-4-2;1-3-5-7-9-10-12-14-15(16)13-11-8-6-4-2;/h31H,1,3-29H2,2H3;15-16H,3-14H2,1-2H3;15-16H,3-14H2,1-2H3;/q-1;;;. The Morgan fingerprint density at radius 2 is 0.712 bits per heavy atom. The smallest absolute Gasteiger partial charge is 0.123 e. The van der Waals surface area contributed by atoms with Crippen molar-refractivity contribution in [3.8, 4) is 0 Å². The maximum atomic E-state index is 10.9. The van der Waals surface area contributed by atoms with Crippen LogP contribution in [0.2, 0.25) is 0 Å². The average molecular weight is 1110 g/mol. The SMILES string of the molecule is CCCCCCCCC(C=O)CCCCCC.CCCCCCCCC(O)CCCCCC.[CH2-]CCCCCCCCCCCN(CCCCO)CCCCCCCCCCCCOC.[W]. The average Bonchev–Trinajstić information content (AvgIpc) is 3.32. The van der Waals surface area contributed by atoms with Gasteiger partial charge in [-0.2, -0.15) is 6.42 Å². The van der Waals surface area contributed by atoms with E-state index in [-0.39, 0.29) is 27.2 Å². The molecule has 0 aliphatic carbocycles. The first-order chi connectivity index (χ1) is 32.0. The van der Waals surface area contributed by atoms with E-state index in [2.05, 4.69) is 39.5 Å². The summed E-state index contributed by atoms with van der Waals surface area (Å²) in [5.74, 6) is 0.345. The van der Waals surface area contributed by atoms with Crippen LogP contribution < -0.4 is 0 Å². The first-order valence-corrected chi connectivity index (χ1v) is 29.8. The van der Waals surface area contributed by atoms with E-state index < -0.39 is 0 Å². The quantitative estimate of drug-likeness (QED) is 0.0361. The summed E-state index contributed by atoms with van der Waals surface area (Å²) in [6.07, 6.45) is 61.1. The zero-order valence-electron chi connectivity index (χ0n) is 46.1. The van der Waals surface area contributed by atoms with Crippen LogP contribution in [-0.4, -0.2) is 67.5 Å². The summed E-state index contributed by atoms with van der Waals surface area (Å²) in [5.41, 5.74) is 0. The van der Waals surface area contributed by atoms with Crippen molar-refractivity contribution in [2.75, 3.05) is 40.0 Å². The van der Waals surface area contributed by atoms with Crippen molar-refractivity contribution in [2.24, 2.45) is 5.92 Å². The third-order valence-corrected chi connectivity index (χ3v) is 13.5. The van der Waals surface area contributed by atoms with Crippen molar-refractivity contribution in [1.82, 2.24) is 4.90 Å². The zero-order valence-corrected chi connectivity index (χ0v) is 49.0. The predicted molar refractivity (Wildman–Crippen MR) is 291 cm³/mol. The Bertz CT molecular complexity index is 803. The summed E-state index contributed by atoms with van der Waals surface area (Å²) in [6.45, 7) is 17.8. The zero-order chi connectivity index (χ0) is 48.2. The van der Waals surface area contributed by atoms with Crippen molar-refractivity contribution in [3.63, 3.8) is 0 Å². The number of rotatable bonds is 53. The number of aldehydes is 1. The molecule has 400 valence electrons. The third kappa shape index (κ3) is 68.5. The predicted octanol–water partition coefficient (Wildman–Crippen LogP) is 18.9.